The molecule has 0 unspecified atom stereocenters. The first-order chi connectivity index (χ1) is 16.1. The summed E-state index contributed by atoms with van der Waals surface area (Å²) in [7, 11) is -2.12. The van der Waals surface area contributed by atoms with Gasteiger partial charge in [0.2, 0.25) is 0 Å². The van der Waals surface area contributed by atoms with Gasteiger partial charge in [0.05, 0.1) is 10.6 Å². The van der Waals surface area contributed by atoms with Gasteiger partial charge in [-0.2, -0.15) is 13.2 Å². The van der Waals surface area contributed by atoms with Crippen molar-refractivity contribution in [3.05, 3.63) is 63.1 Å². The number of hydrogen-bond acceptors (Lipinski definition) is 3. The largest absolute Gasteiger partial charge is 0.543 e. The molecule has 1 fully saturated rings. The van der Waals surface area contributed by atoms with Crippen molar-refractivity contribution in [2.45, 2.75) is 57.5 Å². The fourth-order valence-electron chi connectivity index (χ4n) is 3.71. The van der Waals surface area contributed by atoms with Crippen molar-refractivity contribution in [1.29, 1.82) is 0 Å². The van der Waals surface area contributed by atoms with Crippen LogP contribution in [-0.2, 0) is 12.6 Å². The molecule has 35 heavy (non-hydrogen) atoms. The Hall–Kier alpha value is -1.74. The van der Waals surface area contributed by atoms with Crippen molar-refractivity contribution in [2.24, 2.45) is 0 Å². The Morgan fingerprint density at radius 1 is 1.14 bits per heavy atom. The van der Waals surface area contributed by atoms with Gasteiger partial charge in [0.25, 0.3) is 14.2 Å². The predicted molar refractivity (Wildman–Crippen MR) is 137 cm³/mol. The third-order valence-corrected chi connectivity index (χ3v) is 11.6. The quantitative estimate of drug-likeness (QED) is 0.408. The molecule has 1 atom stereocenters. The third kappa shape index (κ3) is 6.73. The average Bonchev–Trinajstić information content (AvgIpc) is 2.74. The Balaban J connectivity index is 1.85. The van der Waals surface area contributed by atoms with Crippen molar-refractivity contribution in [3.8, 4) is 5.75 Å². The summed E-state index contributed by atoms with van der Waals surface area (Å²) in [5, 5.41) is 3.66. The molecule has 0 aliphatic carbocycles. The van der Waals surface area contributed by atoms with Gasteiger partial charge in [-0.3, -0.25) is 4.79 Å². The van der Waals surface area contributed by atoms with E-state index in [9.17, 15) is 18.0 Å². The molecular weight excluding hydrogens is 516 g/mol. The molecule has 1 N–H and O–H groups in total. The van der Waals surface area contributed by atoms with Crippen LogP contribution in [0.1, 0.15) is 42.3 Å². The van der Waals surface area contributed by atoms with E-state index in [1.54, 1.807) is 11.0 Å². The van der Waals surface area contributed by atoms with Crippen LogP contribution in [0.2, 0.25) is 28.2 Å². The third-order valence-electron chi connectivity index (χ3n) is 6.72. The lowest BCUT2D eigenvalue weighted by Gasteiger charge is -2.37. The van der Waals surface area contributed by atoms with E-state index in [-0.39, 0.29) is 21.7 Å². The maximum Gasteiger partial charge on any atom is 0.416 e. The van der Waals surface area contributed by atoms with E-state index < -0.39 is 26.0 Å². The predicted octanol–water partition coefficient (Wildman–Crippen LogP) is 7.05. The maximum atomic E-state index is 13.3. The van der Waals surface area contributed by atoms with E-state index in [1.807, 2.05) is 12.1 Å². The van der Waals surface area contributed by atoms with Gasteiger partial charge >= 0.3 is 6.18 Å². The zero-order valence-electron chi connectivity index (χ0n) is 20.5. The Bertz CT molecular complexity index is 1090. The second kappa shape index (κ2) is 10.3. The summed E-state index contributed by atoms with van der Waals surface area (Å²) in [5.74, 6) is 0.137. The topological polar surface area (TPSA) is 41.6 Å². The first-order valence-corrected chi connectivity index (χ1v) is 15.1. The average molecular weight is 548 g/mol. The van der Waals surface area contributed by atoms with Crippen molar-refractivity contribution >= 4 is 37.4 Å². The van der Waals surface area contributed by atoms with Crippen molar-refractivity contribution in [3.63, 3.8) is 0 Å². The summed E-state index contributed by atoms with van der Waals surface area (Å²) in [5.41, 5.74) is -0.0865. The van der Waals surface area contributed by atoms with Crippen LogP contribution in [0.15, 0.2) is 36.4 Å². The van der Waals surface area contributed by atoms with E-state index in [2.05, 4.69) is 39.2 Å². The van der Waals surface area contributed by atoms with Crippen LogP contribution in [0.5, 0.6) is 5.75 Å². The van der Waals surface area contributed by atoms with E-state index >= 15 is 0 Å². The van der Waals surface area contributed by atoms with Crippen molar-refractivity contribution < 1.29 is 22.4 Å². The number of hydrogen-bond donors (Lipinski definition) is 1. The molecule has 1 saturated heterocycles. The molecular formula is C25H31Cl2F3N2O2Si. The molecule has 3 rings (SSSR count). The molecule has 1 aliphatic heterocycles. The van der Waals surface area contributed by atoms with Crippen LogP contribution in [0.3, 0.4) is 0 Å². The second-order valence-electron chi connectivity index (χ2n) is 10.4. The summed E-state index contributed by atoms with van der Waals surface area (Å²) in [6, 6.07) is 8.29. The molecule has 0 saturated carbocycles. The molecule has 1 heterocycles. The molecule has 1 aliphatic rings. The van der Waals surface area contributed by atoms with Gasteiger partial charge in [-0.15, -0.1) is 0 Å². The summed E-state index contributed by atoms with van der Waals surface area (Å²) in [6.07, 6.45) is -4.09. The highest BCUT2D eigenvalue weighted by Gasteiger charge is 2.39. The number of halogens is 5. The lowest BCUT2D eigenvalue weighted by atomic mass is 10.0. The minimum absolute atomic E-state index is 0.00489. The van der Waals surface area contributed by atoms with Gasteiger partial charge in [-0.05, 0) is 60.4 Å². The Labute approximate surface area is 215 Å². The minimum Gasteiger partial charge on any atom is -0.543 e. The number of alkyl halides is 3. The van der Waals surface area contributed by atoms with Gasteiger partial charge in [0.1, 0.15) is 5.75 Å². The number of rotatable bonds is 5. The molecule has 10 heteroatoms. The molecule has 2 aromatic carbocycles. The monoisotopic (exact) mass is 546 g/mol. The smallest absolute Gasteiger partial charge is 0.416 e. The van der Waals surface area contributed by atoms with Crippen LogP contribution < -0.4 is 9.74 Å². The summed E-state index contributed by atoms with van der Waals surface area (Å²) < 4.78 is 46.2. The SMILES string of the molecule is CC(C)(C)[Si](C)(C)Oc1cc(C[C@@H]2CNCCN2C(=O)c2cc(Cl)cc(C(F)(F)F)c2)ccc1Cl. The van der Waals surface area contributed by atoms with Crippen LogP contribution in [0.25, 0.3) is 0 Å². The molecule has 2 aromatic rings. The number of piperazine rings is 1. The summed E-state index contributed by atoms with van der Waals surface area (Å²) in [6.45, 7) is 12.2. The lowest BCUT2D eigenvalue weighted by molar-refractivity contribution is -0.137. The molecule has 1 amide bonds. The van der Waals surface area contributed by atoms with E-state index in [0.717, 1.165) is 17.7 Å². The number of amides is 1. The number of nitrogens with zero attached hydrogens (tertiary/aromatic N) is 1. The number of benzene rings is 2. The number of nitrogens with one attached hydrogen (secondary N) is 1. The lowest BCUT2D eigenvalue weighted by Crippen LogP contribution is -2.54. The van der Waals surface area contributed by atoms with Crippen LogP contribution in [0, 0.1) is 0 Å². The van der Waals surface area contributed by atoms with Gasteiger partial charge in [-0.25, -0.2) is 0 Å². The highest BCUT2D eigenvalue weighted by molar-refractivity contribution is 6.74. The second-order valence-corrected chi connectivity index (χ2v) is 16.0. The highest BCUT2D eigenvalue weighted by Crippen LogP contribution is 2.39. The standard InChI is InChI=1S/C25H31Cl2F3N2O2Si/c1-24(2,3)35(4,5)34-22-11-16(6-7-21(22)27)10-20-15-31-8-9-32(20)23(33)17-12-18(25(28,29)30)14-19(26)13-17/h6-7,11-14,20,31H,8-10,15H2,1-5H3/t20-/m1/s1. The van der Waals surface area contributed by atoms with Crippen molar-refractivity contribution in [1.82, 2.24) is 10.2 Å². The summed E-state index contributed by atoms with van der Waals surface area (Å²) >= 11 is 12.4. The normalized spacial score (nSPS) is 17.4. The van der Waals surface area contributed by atoms with Crippen LogP contribution >= 0.6 is 23.2 Å². The molecule has 0 aromatic heterocycles. The van der Waals surface area contributed by atoms with Crippen LogP contribution in [-0.4, -0.2) is 44.8 Å². The minimum atomic E-state index is -4.59. The summed E-state index contributed by atoms with van der Waals surface area (Å²) in [4.78, 5) is 14.9. The van der Waals surface area contributed by atoms with E-state index in [1.165, 1.54) is 6.07 Å². The van der Waals surface area contributed by atoms with Crippen molar-refractivity contribution in [2.75, 3.05) is 19.6 Å². The first kappa shape index (κ1) is 27.8. The fourth-order valence-corrected chi connectivity index (χ4v) is 5.19. The highest BCUT2D eigenvalue weighted by atomic mass is 35.5. The Morgan fingerprint density at radius 2 is 1.83 bits per heavy atom. The van der Waals surface area contributed by atoms with Gasteiger partial charge < -0.3 is 14.6 Å². The molecule has 192 valence electrons. The van der Waals surface area contributed by atoms with Gasteiger partial charge in [0.15, 0.2) is 0 Å². The zero-order valence-corrected chi connectivity index (χ0v) is 23.0. The van der Waals surface area contributed by atoms with Gasteiger partial charge in [-0.1, -0.05) is 50.0 Å². The molecule has 4 nitrogen and oxygen atoms in total. The number of carbonyl (C=O) groups is 1. The first-order valence-electron chi connectivity index (χ1n) is 11.5. The molecule has 0 bridgehead atoms. The zero-order chi connectivity index (χ0) is 26.2. The van der Waals surface area contributed by atoms with E-state index in [0.29, 0.717) is 36.8 Å². The Kier molecular flexibility index (Phi) is 8.21. The molecule has 0 spiro atoms. The molecule has 0 radical (unpaired) electrons. The van der Waals surface area contributed by atoms with Crippen LogP contribution in [0.4, 0.5) is 13.2 Å². The van der Waals surface area contributed by atoms with Gasteiger partial charge in [0, 0.05) is 36.3 Å². The fraction of sp³-hybridized carbons (Fsp3) is 0.480. The number of carbonyl (C=O) groups excluding carboxylic acids is 1. The Morgan fingerprint density at radius 3 is 2.46 bits per heavy atom. The maximum absolute atomic E-state index is 13.3. The van der Waals surface area contributed by atoms with E-state index in [4.69, 9.17) is 27.6 Å².